The summed E-state index contributed by atoms with van der Waals surface area (Å²) < 4.78 is 1.82. The third-order valence-electron chi connectivity index (χ3n) is 2.44. The van der Waals surface area contributed by atoms with Gasteiger partial charge in [0.2, 0.25) is 0 Å². The lowest BCUT2D eigenvalue weighted by atomic mass is 10.1. The van der Waals surface area contributed by atoms with E-state index in [1.54, 1.807) is 11.3 Å². The van der Waals surface area contributed by atoms with Crippen molar-refractivity contribution in [3.8, 4) is 0 Å². The predicted octanol–water partition coefficient (Wildman–Crippen LogP) is 2.27. The summed E-state index contributed by atoms with van der Waals surface area (Å²) in [5.41, 5.74) is 2.24. The topological polar surface area (TPSA) is 42.7 Å². The van der Waals surface area contributed by atoms with Crippen molar-refractivity contribution >= 4 is 11.3 Å². The summed E-state index contributed by atoms with van der Waals surface area (Å²) in [7, 11) is 1.93. The van der Waals surface area contributed by atoms with Crippen LogP contribution in [-0.4, -0.2) is 20.8 Å². The van der Waals surface area contributed by atoms with Crippen LogP contribution < -0.4 is 5.32 Å². The maximum Gasteiger partial charge on any atom is 0.115 e. The van der Waals surface area contributed by atoms with Crippen LogP contribution in [0.4, 0.5) is 0 Å². The Morgan fingerprint density at radius 3 is 2.65 bits per heavy atom. The van der Waals surface area contributed by atoms with Crippen LogP contribution in [-0.2, 0) is 7.05 Å². The standard InChI is InChI=1S/C12H18N4S/c1-8(2)14-11(10-5-13-16(4)6-10)12-15-9(3)7-17-12/h5-8,11,14H,1-4H3. The Bertz CT molecular complexity index is 446. The number of nitrogens with zero attached hydrogens (tertiary/aromatic N) is 3. The summed E-state index contributed by atoms with van der Waals surface area (Å²) in [6, 6.07) is 0.548. The molecule has 1 atom stereocenters. The largest absolute Gasteiger partial charge is 0.302 e. The first kappa shape index (κ1) is 12.3. The summed E-state index contributed by atoms with van der Waals surface area (Å²) >= 11 is 1.69. The molecule has 0 saturated carbocycles. The summed E-state index contributed by atoms with van der Waals surface area (Å²) in [5, 5.41) is 10.9. The van der Waals surface area contributed by atoms with Crippen LogP contribution in [0, 0.1) is 6.92 Å². The minimum absolute atomic E-state index is 0.141. The van der Waals surface area contributed by atoms with Crippen LogP contribution in [0.2, 0.25) is 0 Å². The lowest BCUT2D eigenvalue weighted by Crippen LogP contribution is -2.28. The van der Waals surface area contributed by atoms with E-state index in [0.29, 0.717) is 6.04 Å². The molecular weight excluding hydrogens is 232 g/mol. The van der Waals surface area contributed by atoms with Gasteiger partial charge in [-0.3, -0.25) is 4.68 Å². The van der Waals surface area contributed by atoms with Crippen molar-refractivity contribution in [1.29, 1.82) is 0 Å². The van der Waals surface area contributed by atoms with E-state index in [0.717, 1.165) is 16.3 Å². The van der Waals surface area contributed by atoms with Crippen LogP contribution >= 0.6 is 11.3 Å². The number of hydrogen-bond donors (Lipinski definition) is 1. The molecule has 92 valence electrons. The van der Waals surface area contributed by atoms with Crippen molar-refractivity contribution in [1.82, 2.24) is 20.1 Å². The Labute approximate surface area is 106 Å². The molecule has 2 aromatic rings. The van der Waals surface area contributed by atoms with Gasteiger partial charge in [0.25, 0.3) is 0 Å². The molecule has 0 radical (unpaired) electrons. The fourth-order valence-corrected chi connectivity index (χ4v) is 2.62. The molecule has 2 heterocycles. The Balaban J connectivity index is 2.31. The lowest BCUT2D eigenvalue weighted by molar-refractivity contribution is 0.526. The summed E-state index contributed by atoms with van der Waals surface area (Å²) in [6.07, 6.45) is 3.94. The van der Waals surface area contributed by atoms with Gasteiger partial charge in [-0.15, -0.1) is 11.3 Å². The molecule has 0 aromatic carbocycles. The third kappa shape index (κ3) is 2.92. The first-order chi connectivity index (χ1) is 8.06. The molecule has 0 bridgehead atoms. The van der Waals surface area contributed by atoms with Gasteiger partial charge in [-0.1, -0.05) is 0 Å². The number of hydrogen-bond acceptors (Lipinski definition) is 4. The maximum atomic E-state index is 4.57. The second-order valence-corrected chi connectivity index (χ2v) is 5.42. The first-order valence-electron chi connectivity index (χ1n) is 5.73. The minimum atomic E-state index is 0.141. The number of thiazole rings is 1. The average Bonchev–Trinajstić information content (AvgIpc) is 2.84. The lowest BCUT2D eigenvalue weighted by Gasteiger charge is -2.17. The molecule has 2 rings (SSSR count). The third-order valence-corrected chi connectivity index (χ3v) is 3.47. The fraction of sp³-hybridized carbons (Fsp3) is 0.500. The molecule has 1 unspecified atom stereocenters. The van der Waals surface area contributed by atoms with Crippen molar-refractivity contribution in [2.45, 2.75) is 32.9 Å². The zero-order valence-electron chi connectivity index (χ0n) is 10.6. The Kier molecular flexibility index (Phi) is 3.59. The molecule has 0 spiro atoms. The van der Waals surface area contributed by atoms with Gasteiger partial charge in [-0.05, 0) is 20.8 Å². The number of aryl methyl sites for hydroxylation is 2. The molecule has 0 aliphatic rings. The van der Waals surface area contributed by atoms with E-state index in [9.17, 15) is 0 Å². The van der Waals surface area contributed by atoms with E-state index >= 15 is 0 Å². The van der Waals surface area contributed by atoms with E-state index in [4.69, 9.17) is 0 Å². The molecule has 0 aliphatic heterocycles. The highest BCUT2D eigenvalue weighted by Gasteiger charge is 2.19. The Hall–Kier alpha value is -1.20. The molecule has 4 nitrogen and oxygen atoms in total. The van der Waals surface area contributed by atoms with Crippen molar-refractivity contribution < 1.29 is 0 Å². The summed E-state index contributed by atoms with van der Waals surface area (Å²) in [5.74, 6) is 0. The molecule has 0 fully saturated rings. The van der Waals surface area contributed by atoms with Crippen LogP contribution in [0.25, 0.3) is 0 Å². The van der Waals surface area contributed by atoms with Crippen LogP contribution in [0.5, 0.6) is 0 Å². The molecule has 0 saturated heterocycles. The van der Waals surface area contributed by atoms with Crippen molar-refractivity contribution in [2.75, 3.05) is 0 Å². The van der Waals surface area contributed by atoms with E-state index in [2.05, 4.69) is 34.6 Å². The van der Waals surface area contributed by atoms with E-state index in [1.807, 2.05) is 31.0 Å². The minimum Gasteiger partial charge on any atom is -0.302 e. The smallest absolute Gasteiger partial charge is 0.115 e. The number of nitrogens with one attached hydrogen (secondary N) is 1. The summed E-state index contributed by atoms with van der Waals surface area (Å²) in [4.78, 5) is 4.57. The van der Waals surface area contributed by atoms with Gasteiger partial charge in [0, 0.05) is 35.9 Å². The van der Waals surface area contributed by atoms with Gasteiger partial charge >= 0.3 is 0 Å². The maximum absolute atomic E-state index is 4.57. The number of aromatic nitrogens is 3. The Morgan fingerprint density at radius 2 is 2.18 bits per heavy atom. The van der Waals surface area contributed by atoms with Gasteiger partial charge in [-0.2, -0.15) is 5.10 Å². The highest BCUT2D eigenvalue weighted by atomic mass is 32.1. The highest BCUT2D eigenvalue weighted by Crippen LogP contribution is 2.25. The van der Waals surface area contributed by atoms with Gasteiger partial charge < -0.3 is 5.32 Å². The normalized spacial score (nSPS) is 13.2. The Morgan fingerprint density at radius 1 is 1.41 bits per heavy atom. The van der Waals surface area contributed by atoms with Crippen LogP contribution in [0.15, 0.2) is 17.8 Å². The second-order valence-electron chi connectivity index (χ2n) is 4.53. The molecule has 17 heavy (non-hydrogen) atoms. The predicted molar refractivity (Wildman–Crippen MR) is 70.2 cm³/mol. The van der Waals surface area contributed by atoms with Gasteiger partial charge in [0.1, 0.15) is 5.01 Å². The molecule has 5 heteroatoms. The van der Waals surface area contributed by atoms with E-state index < -0.39 is 0 Å². The second kappa shape index (κ2) is 4.98. The van der Waals surface area contributed by atoms with Crippen molar-refractivity contribution in [3.05, 3.63) is 34.0 Å². The molecule has 0 aliphatic carbocycles. The fourth-order valence-electron chi connectivity index (χ4n) is 1.74. The monoisotopic (exact) mass is 250 g/mol. The average molecular weight is 250 g/mol. The van der Waals surface area contributed by atoms with Crippen molar-refractivity contribution in [3.63, 3.8) is 0 Å². The van der Waals surface area contributed by atoms with Gasteiger partial charge in [0.05, 0.1) is 12.2 Å². The van der Waals surface area contributed by atoms with Crippen LogP contribution in [0.1, 0.15) is 36.2 Å². The van der Waals surface area contributed by atoms with Gasteiger partial charge in [0.15, 0.2) is 0 Å². The highest BCUT2D eigenvalue weighted by molar-refractivity contribution is 7.09. The zero-order chi connectivity index (χ0) is 12.4. The van der Waals surface area contributed by atoms with Crippen molar-refractivity contribution in [2.24, 2.45) is 7.05 Å². The summed E-state index contributed by atoms with van der Waals surface area (Å²) in [6.45, 7) is 6.31. The van der Waals surface area contributed by atoms with Crippen LogP contribution in [0.3, 0.4) is 0 Å². The molecule has 1 N–H and O–H groups in total. The van der Waals surface area contributed by atoms with Gasteiger partial charge in [-0.25, -0.2) is 4.98 Å². The SMILES string of the molecule is Cc1csc(C(NC(C)C)c2cnn(C)c2)n1. The molecular formula is C12H18N4S. The van der Waals surface area contributed by atoms with E-state index in [-0.39, 0.29) is 6.04 Å². The molecule has 2 aromatic heterocycles. The zero-order valence-corrected chi connectivity index (χ0v) is 11.5. The first-order valence-corrected chi connectivity index (χ1v) is 6.61. The van der Waals surface area contributed by atoms with E-state index in [1.165, 1.54) is 0 Å². The molecule has 0 amide bonds. The quantitative estimate of drug-likeness (QED) is 0.905. The number of rotatable bonds is 4.